The minimum Gasteiger partial charge on any atom is -0.508 e. The molecule has 0 bridgehead atoms. The quantitative estimate of drug-likeness (QED) is 0.577. The monoisotopic (exact) mass is 183 g/mol. The summed E-state index contributed by atoms with van der Waals surface area (Å²) in [5.74, 6) is -0.533. The number of hydrogen-bond acceptors (Lipinski definition) is 3. The van der Waals surface area contributed by atoms with Crippen LogP contribution < -0.4 is 5.32 Å². The minimum absolute atomic E-state index is 0.300. The number of hydrogen-bond donors (Lipinski definition) is 3. The summed E-state index contributed by atoms with van der Waals surface area (Å²) >= 11 is 0. The molecule has 0 aliphatic carbocycles. The number of aliphatic carboxylic acids is 1. The fourth-order valence-corrected chi connectivity index (χ4v) is 0.628. The maximum Gasteiger partial charge on any atom is 0.300 e. The predicted octanol–water partition coefficient (Wildman–Crippen LogP) is 1.52. The number of benzene rings is 1. The fourth-order valence-electron chi connectivity index (χ4n) is 0.628. The summed E-state index contributed by atoms with van der Waals surface area (Å²) in [6, 6.07) is 6.92. The number of carbonyl (C=O) groups is 1. The standard InChI is InChI=1S/C7H9NO.C2H4O2/c1-8-6-2-4-7(9)5-3-6;1-2(3)4/h2-5,8-9H,1H3;1H3,(H,3,4). The number of nitrogens with one attached hydrogen (secondary N) is 1. The Balaban J connectivity index is 0.000000310. The summed E-state index contributed by atoms with van der Waals surface area (Å²) in [5, 5.41) is 19.2. The molecular formula is C9H13NO3. The van der Waals surface area contributed by atoms with E-state index in [1.807, 2.05) is 19.2 Å². The van der Waals surface area contributed by atoms with Crippen molar-refractivity contribution in [3.63, 3.8) is 0 Å². The van der Waals surface area contributed by atoms with Gasteiger partial charge in [-0.3, -0.25) is 4.79 Å². The SMILES string of the molecule is CC(=O)O.CNc1ccc(O)cc1. The van der Waals surface area contributed by atoms with Gasteiger partial charge in [0.1, 0.15) is 5.75 Å². The van der Waals surface area contributed by atoms with Crippen molar-refractivity contribution in [1.29, 1.82) is 0 Å². The molecule has 0 unspecified atom stereocenters. The first-order chi connectivity index (χ1) is 6.06. The zero-order valence-corrected chi connectivity index (χ0v) is 7.61. The van der Waals surface area contributed by atoms with Gasteiger partial charge in [-0.1, -0.05) is 0 Å². The van der Waals surface area contributed by atoms with E-state index in [1.54, 1.807) is 12.1 Å². The number of carboxylic acid groups (broad SMARTS) is 1. The average molecular weight is 183 g/mol. The normalized spacial score (nSPS) is 8.15. The van der Waals surface area contributed by atoms with E-state index in [-0.39, 0.29) is 0 Å². The van der Waals surface area contributed by atoms with Crippen LogP contribution in [-0.4, -0.2) is 23.2 Å². The van der Waals surface area contributed by atoms with Crippen LogP contribution in [0.3, 0.4) is 0 Å². The molecular weight excluding hydrogens is 170 g/mol. The van der Waals surface area contributed by atoms with Gasteiger partial charge in [0.15, 0.2) is 0 Å². The lowest BCUT2D eigenvalue weighted by atomic mass is 10.3. The third-order valence-corrected chi connectivity index (χ3v) is 1.16. The van der Waals surface area contributed by atoms with Crippen LogP contribution in [0.25, 0.3) is 0 Å². The molecule has 4 nitrogen and oxygen atoms in total. The molecule has 3 N–H and O–H groups in total. The van der Waals surface area contributed by atoms with E-state index >= 15 is 0 Å². The van der Waals surface area contributed by atoms with Gasteiger partial charge in [-0.15, -0.1) is 0 Å². The van der Waals surface area contributed by atoms with Gasteiger partial charge in [-0.2, -0.15) is 0 Å². The maximum atomic E-state index is 9.00. The van der Waals surface area contributed by atoms with E-state index in [9.17, 15) is 0 Å². The van der Waals surface area contributed by atoms with Crippen molar-refractivity contribution in [2.24, 2.45) is 0 Å². The summed E-state index contributed by atoms with van der Waals surface area (Å²) < 4.78 is 0. The lowest BCUT2D eigenvalue weighted by Gasteiger charge is -1.96. The molecule has 0 spiro atoms. The van der Waals surface area contributed by atoms with Crippen LogP contribution in [0.5, 0.6) is 5.75 Å². The molecule has 1 aromatic carbocycles. The zero-order chi connectivity index (χ0) is 10.3. The van der Waals surface area contributed by atoms with Crippen molar-refractivity contribution < 1.29 is 15.0 Å². The Kier molecular flexibility index (Phi) is 5.11. The third kappa shape index (κ3) is 6.68. The highest BCUT2D eigenvalue weighted by atomic mass is 16.4. The first-order valence-electron chi connectivity index (χ1n) is 3.72. The number of phenols is 1. The highest BCUT2D eigenvalue weighted by Crippen LogP contribution is 2.12. The molecule has 0 fully saturated rings. The molecule has 1 rings (SSSR count). The Hall–Kier alpha value is -1.71. The average Bonchev–Trinajstić information content (AvgIpc) is 2.05. The number of carboxylic acids is 1. The van der Waals surface area contributed by atoms with Crippen LogP contribution in [0.1, 0.15) is 6.92 Å². The molecule has 0 aliphatic rings. The number of phenolic OH excluding ortho intramolecular Hbond substituents is 1. The summed E-state index contributed by atoms with van der Waals surface area (Å²) in [4.78, 5) is 9.00. The Morgan fingerprint density at radius 2 is 1.69 bits per heavy atom. The molecule has 0 aromatic heterocycles. The fraction of sp³-hybridized carbons (Fsp3) is 0.222. The zero-order valence-electron chi connectivity index (χ0n) is 7.61. The number of rotatable bonds is 1. The van der Waals surface area contributed by atoms with Crippen molar-refractivity contribution in [2.45, 2.75) is 6.92 Å². The molecule has 13 heavy (non-hydrogen) atoms. The van der Waals surface area contributed by atoms with E-state index in [2.05, 4.69) is 5.32 Å². The highest BCUT2D eigenvalue weighted by Gasteiger charge is 1.85. The summed E-state index contributed by atoms with van der Waals surface area (Å²) in [6.07, 6.45) is 0. The highest BCUT2D eigenvalue weighted by molar-refractivity contribution is 5.62. The van der Waals surface area contributed by atoms with Crippen LogP contribution >= 0.6 is 0 Å². The van der Waals surface area contributed by atoms with Gasteiger partial charge >= 0.3 is 0 Å². The lowest BCUT2D eigenvalue weighted by Crippen LogP contribution is -1.84. The Morgan fingerprint density at radius 1 is 1.31 bits per heavy atom. The molecule has 0 atom stereocenters. The molecule has 0 heterocycles. The topological polar surface area (TPSA) is 69.6 Å². The van der Waals surface area contributed by atoms with Crippen LogP contribution in [-0.2, 0) is 4.79 Å². The van der Waals surface area contributed by atoms with Crippen molar-refractivity contribution in [2.75, 3.05) is 12.4 Å². The van der Waals surface area contributed by atoms with E-state index in [0.717, 1.165) is 12.6 Å². The smallest absolute Gasteiger partial charge is 0.300 e. The summed E-state index contributed by atoms with van der Waals surface area (Å²) in [5.41, 5.74) is 1.01. The summed E-state index contributed by atoms with van der Waals surface area (Å²) in [7, 11) is 1.84. The van der Waals surface area contributed by atoms with Gasteiger partial charge in [-0.25, -0.2) is 0 Å². The van der Waals surface area contributed by atoms with Gasteiger partial charge in [0.2, 0.25) is 0 Å². The van der Waals surface area contributed by atoms with E-state index in [4.69, 9.17) is 15.0 Å². The largest absolute Gasteiger partial charge is 0.508 e. The van der Waals surface area contributed by atoms with Gasteiger partial charge in [0, 0.05) is 19.7 Å². The molecule has 0 radical (unpaired) electrons. The second kappa shape index (κ2) is 5.88. The second-order valence-electron chi connectivity index (χ2n) is 2.32. The Bertz CT molecular complexity index is 252. The van der Waals surface area contributed by atoms with Gasteiger partial charge < -0.3 is 15.5 Å². The van der Waals surface area contributed by atoms with Crippen LogP contribution in [0.4, 0.5) is 5.69 Å². The molecule has 0 amide bonds. The second-order valence-corrected chi connectivity index (χ2v) is 2.32. The number of anilines is 1. The molecule has 72 valence electrons. The van der Waals surface area contributed by atoms with Crippen molar-refractivity contribution in [3.05, 3.63) is 24.3 Å². The molecule has 1 aromatic rings. The minimum atomic E-state index is -0.833. The van der Waals surface area contributed by atoms with Gasteiger partial charge in [0.25, 0.3) is 5.97 Å². The van der Waals surface area contributed by atoms with Crippen molar-refractivity contribution >= 4 is 11.7 Å². The Morgan fingerprint density at radius 3 is 2.00 bits per heavy atom. The van der Waals surface area contributed by atoms with Gasteiger partial charge in [0.05, 0.1) is 0 Å². The van der Waals surface area contributed by atoms with E-state index in [0.29, 0.717) is 5.75 Å². The summed E-state index contributed by atoms with van der Waals surface area (Å²) in [6.45, 7) is 1.08. The maximum absolute atomic E-state index is 9.00. The first-order valence-corrected chi connectivity index (χ1v) is 3.72. The molecule has 0 aliphatic heterocycles. The first kappa shape index (κ1) is 11.3. The van der Waals surface area contributed by atoms with Crippen molar-refractivity contribution in [1.82, 2.24) is 0 Å². The van der Waals surface area contributed by atoms with Crippen LogP contribution in [0.2, 0.25) is 0 Å². The van der Waals surface area contributed by atoms with Crippen molar-refractivity contribution in [3.8, 4) is 5.75 Å². The van der Waals surface area contributed by atoms with E-state index in [1.165, 1.54) is 0 Å². The molecule has 0 saturated heterocycles. The van der Waals surface area contributed by atoms with Gasteiger partial charge in [-0.05, 0) is 24.3 Å². The van der Waals surface area contributed by atoms with E-state index < -0.39 is 5.97 Å². The molecule has 0 saturated carbocycles. The van der Waals surface area contributed by atoms with Crippen LogP contribution in [0.15, 0.2) is 24.3 Å². The van der Waals surface area contributed by atoms with Crippen LogP contribution in [0, 0.1) is 0 Å². The third-order valence-electron chi connectivity index (χ3n) is 1.16. The Labute approximate surface area is 76.8 Å². The lowest BCUT2D eigenvalue weighted by molar-refractivity contribution is -0.134. The predicted molar refractivity (Wildman–Crippen MR) is 51.0 cm³/mol. The number of aromatic hydroxyl groups is 1. The molecule has 4 heteroatoms.